The quantitative estimate of drug-likeness (QED) is 0.421. The fourth-order valence-corrected chi connectivity index (χ4v) is 3.87. The van der Waals surface area contributed by atoms with E-state index in [0.717, 1.165) is 46.5 Å². The van der Waals surface area contributed by atoms with Crippen LogP contribution in [0.3, 0.4) is 0 Å². The first-order valence-electron chi connectivity index (χ1n) is 10.4. The highest BCUT2D eigenvalue weighted by Crippen LogP contribution is 2.31. The van der Waals surface area contributed by atoms with Crippen LogP contribution in [0.2, 0.25) is 0 Å². The van der Waals surface area contributed by atoms with Crippen molar-refractivity contribution in [1.82, 2.24) is 24.6 Å². The molecule has 5 rings (SSSR count). The molecule has 160 valence electrons. The third-order valence-electron chi connectivity index (χ3n) is 5.55. The summed E-state index contributed by atoms with van der Waals surface area (Å²) >= 11 is 0. The molecule has 0 aliphatic heterocycles. The van der Waals surface area contributed by atoms with Crippen molar-refractivity contribution in [3.63, 3.8) is 0 Å². The summed E-state index contributed by atoms with van der Waals surface area (Å²) in [6.45, 7) is 1.25. The first-order chi connectivity index (χ1) is 15.2. The van der Waals surface area contributed by atoms with Gasteiger partial charge in [0.15, 0.2) is 5.82 Å². The molecule has 31 heavy (non-hydrogen) atoms. The Hall–Kier alpha value is -3.30. The number of methoxy groups -OCH3 is 1. The maximum Gasteiger partial charge on any atom is 0.243 e. The lowest BCUT2D eigenvalue weighted by Gasteiger charge is -2.35. The van der Waals surface area contributed by atoms with Crippen molar-refractivity contribution in [3.8, 4) is 11.3 Å². The number of hydrogen-bond donors (Lipinski definition) is 2. The van der Waals surface area contributed by atoms with Gasteiger partial charge < -0.3 is 20.1 Å². The highest BCUT2D eigenvalue weighted by atomic mass is 16.5. The molecule has 4 aromatic rings. The normalized spacial score (nSPS) is 18.3. The van der Waals surface area contributed by atoms with E-state index in [1.807, 2.05) is 48.1 Å². The first-order valence-corrected chi connectivity index (χ1v) is 10.4. The molecule has 4 aromatic heterocycles. The van der Waals surface area contributed by atoms with Crippen LogP contribution in [0.25, 0.3) is 27.8 Å². The minimum absolute atomic E-state index is 0.270. The average molecular weight is 419 g/mol. The minimum atomic E-state index is 0.270. The second kappa shape index (κ2) is 8.44. The summed E-state index contributed by atoms with van der Waals surface area (Å²) in [5, 5.41) is 11.3. The molecular formula is C22H25N7O2. The molecule has 0 saturated heterocycles. The Kier molecular flexibility index (Phi) is 5.35. The summed E-state index contributed by atoms with van der Waals surface area (Å²) in [5.74, 6) is 1.34. The van der Waals surface area contributed by atoms with Gasteiger partial charge in [0.05, 0.1) is 36.0 Å². The Morgan fingerprint density at radius 1 is 1.10 bits per heavy atom. The average Bonchev–Trinajstić information content (AvgIpc) is 3.20. The van der Waals surface area contributed by atoms with E-state index in [4.69, 9.17) is 19.4 Å². The number of fused-ring (bicyclic) bond motifs is 2. The molecule has 9 heteroatoms. The van der Waals surface area contributed by atoms with Gasteiger partial charge in [-0.25, -0.2) is 9.50 Å². The molecule has 1 aliphatic rings. The molecule has 0 bridgehead atoms. The van der Waals surface area contributed by atoms with E-state index in [-0.39, 0.29) is 6.10 Å². The molecule has 0 aromatic carbocycles. The molecular weight excluding hydrogens is 394 g/mol. The first kappa shape index (κ1) is 19.7. The van der Waals surface area contributed by atoms with Gasteiger partial charge in [-0.1, -0.05) is 0 Å². The molecule has 1 saturated carbocycles. The lowest BCUT2D eigenvalue weighted by atomic mass is 9.89. The Labute approximate surface area is 179 Å². The second-order valence-electron chi connectivity index (χ2n) is 7.59. The van der Waals surface area contributed by atoms with E-state index < -0.39 is 0 Å². The number of rotatable bonds is 8. The summed E-state index contributed by atoms with van der Waals surface area (Å²) < 4.78 is 12.6. The van der Waals surface area contributed by atoms with Crippen LogP contribution in [0.4, 0.5) is 11.8 Å². The molecule has 0 amide bonds. The van der Waals surface area contributed by atoms with Crippen LogP contribution in [0.1, 0.15) is 12.8 Å². The number of aromatic nitrogens is 5. The van der Waals surface area contributed by atoms with Crippen molar-refractivity contribution < 1.29 is 9.47 Å². The van der Waals surface area contributed by atoms with Gasteiger partial charge in [-0.15, -0.1) is 5.10 Å². The number of anilines is 2. The SMILES string of the molecule is CNc1nc(NC2CC(OCCOC)C2)nn2ccc(-c3ccc4ncccc4n3)c12. The molecule has 0 spiro atoms. The maximum absolute atomic E-state index is 5.75. The number of nitrogens with zero attached hydrogens (tertiary/aromatic N) is 5. The summed E-state index contributed by atoms with van der Waals surface area (Å²) in [5.41, 5.74) is 4.45. The summed E-state index contributed by atoms with van der Waals surface area (Å²) in [6.07, 6.45) is 5.85. The third kappa shape index (κ3) is 3.89. The van der Waals surface area contributed by atoms with Gasteiger partial charge in [0, 0.05) is 38.2 Å². The van der Waals surface area contributed by atoms with E-state index in [9.17, 15) is 0 Å². The zero-order valence-electron chi connectivity index (χ0n) is 17.6. The third-order valence-corrected chi connectivity index (χ3v) is 5.55. The molecule has 4 heterocycles. The van der Waals surface area contributed by atoms with Crippen molar-refractivity contribution in [2.75, 3.05) is 38.0 Å². The zero-order valence-corrected chi connectivity index (χ0v) is 17.6. The number of pyridine rings is 2. The number of ether oxygens (including phenoxy) is 2. The van der Waals surface area contributed by atoms with E-state index in [0.29, 0.717) is 25.2 Å². The lowest BCUT2D eigenvalue weighted by Crippen LogP contribution is -2.41. The van der Waals surface area contributed by atoms with Crippen molar-refractivity contribution in [3.05, 3.63) is 42.7 Å². The molecule has 9 nitrogen and oxygen atoms in total. The van der Waals surface area contributed by atoms with Crippen molar-refractivity contribution in [1.29, 1.82) is 0 Å². The predicted octanol–water partition coefficient (Wildman–Crippen LogP) is 2.99. The van der Waals surface area contributed by atoms with E-state index in [2.05, 4.69) is 20.7 Å². The largest absolute Gasteiger partial charge is 0.382 e. The standard InChI is InChI=1S/C22H25N7O2/c1-23-21-20-16(17-5-6-18-19(26-17)4-3-8-24-18)7-9-29(20)28-22(27-21)25-14-12-15(13-14)31-11-10-30-2/h3-9,14-15H,10-13H2,1-2H3,(H2,23,25,27,28). The van der Waals surface area contributed by atoms with Gasteiger partial charge in [0.2, 0.25) is 5.95 Å². The van der Waals surface area contributed by atoms with Gasteiger partial charge in [-0.3, -0.25) is 4.98 Å². The molecule has 0 unspecified atom stereocenters. The highest BCUT2D eigenvalue weighted by molar-refractivity contribution is 5.89. The van der Waals surface area contributed by atoms with Gasteiger partial charge >= 0.3 is 0 Å². The van der Waals surface area contributed by atoms with E-state index in [1.165, 1.54) is 0 Å². The zero-order chi connectivity index (χ0) is 21.2. The maximum atomic E-state index is 5.75. The molecule has 0 atom stereocenters. The second-order valence-corrected chi connectivity index (χ2v) is 7.59. The Balaban J connectivity index is 1.38. The Morgan fingerprint density at radius 3 is 2.84 bits per heavy atom. The van der Waals surface area contributed by atoms with Crippen LogP contribution in [0.5, 0.6) is 0 Å². The van der Waals surface area contributed by atoms with Gasteiger partial charge in [0.25, 0.3) is 0 Å². The van der Waals surface area contributed by atoms with Crippen molar-refractivity contribution >= 4 is 28.3 Å². The smallest absolute Gasteiger partial charge is 0.243 e. The monoisotopic (exact) mass is 419 g/mol. The summed E-state index contributed by atoms with van der Waals surface area (Å²) in [6, 6.07) is 10.1. The van der Waals surface area contributed by atoms with Crippen LogP contribution in [-0.2, 0) is 9.47 Å². The predicted molar refractivity (Wildman–Crippen MR) is 119 cm³/mol. The Bertz CT molecular complexity index is 1200. The van der Waals surface area contributed by atoms with Gasteiger partial charge in [0.1, 0.15) is 5.52 Å². The van der Waals surface area contributed by atoms with Crippen molar-refractivity contribution in [2.24, 2.45) is 0 Å². The molecule has 2 N–H and O–H groups in total. The van der Waals surface area contributed by atoms with Crippen LogP contribution < -0.4 is 10.6 Å². The Morgan fingerprint density at radius 2 is 2.00 bits per heavy atom. The van der Waals surface area contributed by atoms with Crippen LogP contribution >= 0.6 is 0 Å². The van der Waals surface area contributed by atoms with Gasteiger partial charge in [-0.2, -0.15) is 4.98 Å². The minimum Gasteiger partial charge on any atom is -0.382 e. The lowest BCUT2D eigenvalue weighted by molar-refractivity contribution is -0.0261. The topological polar surface area (TPSA) is 98.5 Å². The van der Waals surface area contributed by atoms with E-state index in [1.54, 1.807) is 13.3 Å². The fraction of sp³-hybridized carbons (Fsp3) is 0.364. The fourth-order valence-electron chi connectivity index (χ4n) is 3.87. The van der Waals surface area contributed by atoms with E-state index >= 15 is 0 Å². The summed E-state index contributed by atoms with van der Waals surface area (Å²) in [4.78, 5) is 13.8. The van der Waals surface area contributed by atoms with Crippen molar-refractivity contribution in [2.45, 2.75) is 25.0 Å². The molecule has 0 radical (unpaired) electrons. The number of hydrogen-bond acceptors (Lipinski definition) is 8. The van der Waals surface area contributed by atoms with Crippen LogP contribution in [0, 0.1) is 0 Å². The summed E-state index contributed by atoms with van der Waals surface area (Å²) in [7, 11) is 3.55. The molecule has 1 aliphatic carbocycles. The molecule has 1 fully saturated rings. The number of nitrogens with one attached hydrogen (secondary N) is 2. The van der Waals surface area contributed by atoms with Crippen LogP contribution in [0.15, 0.2) is 42.7 Å². The van der Waals surface area contributed by atoms with Gasteiger partial charge in [-0.05, 0) is 43.2 Å². The van der Waals surface area contributed by atoms with Crippen LogP contribution in [-0.4, -0.2) is 64.1 Å². The highest BCUT2D eigenvalue weighted by Gasteiger charge is 2.30.